The first-order valence-corrected chi connectivity index (χ1v) is 13.2. The van der Waals surface area contributed by atoms with Gasteiger partial charge in [-0.2, -0.15) is 0 Å². The SMILES string of the molecule is O=C(CC1(O)CCC1)NC1COC2(CCN(C(=O)C3(NC(=O)OCc4ccccc4)CCCC3)C2)C1. The fraction of sp³-hybridized carbons (Fsp3) is 0.667. The molecular formula is C27H37N3O6. The van der Waals surface area contributed by atoms with Crippen molar-refractivity contribution >= 4 is 17.9 Å². The van der Waals surface area contributed by atoms with E-state index in [9.17, 15) is 19.5 Å². The lowest BCUT2D eigenvalue weighted by Gasteiger charge is -2.36. The maximum Gasteiger partial charge on any atom is 0.408 e. The molecule has 2 heterocycles. The minimum absolute atomic E-state index is 0.0724. The molecule has 196 valence electrons. The van der Waals surface area contributed by atoms with Crippen LogP contribution in [0.3, 0.4) is 0 Å². The number of ether oxygens (including phenoxy) is 2. The van der Waals surface area contributed by atoms with Crippen molar-refractivity contribution in [3.05, 3.63) is 35.9 Å². The zero-order valence-corrected chi connectivity index (χ0v) is 20.8. The molecule has 2 aliphatic heterocycles. The van der Waals surface area contributed by atoms with E-state index in [-0.39, 0.29) is 30.9 Å². The van der Waals surface area contributed by atoms with Crippen LogP contribution in [-0.4, -0.2) is 70.4 Å². The van der Waals surface area contributed by atoms with Crippen LogP contribution in [0.5, 0.6) is 0 Å². The Balaban J connectivity index is 1.14. The summed E-state index contributed by atoms with van der Waals surface area (Å²) in [6.07, 6.45) is 6.16. The minimum atomic E-state index is -0.941. The predicted molar refractivity (Wildman–Crippen MR) is 131 cm³/mol. The van der Waals surface area contributed by atoms with Crippen LogP contribution in [0.2, 0.25) is 0 Å². The molecule has 1 aromatic carbocycles. The molecule has 0 radical (unpaired) electrons. The first-order valence-electron chi connectivity index (χ1n) is 13.2. The number of hydrogen-bond donors (Lipinski definition) is 3. The molecule has 3 N–H and O–H groups in total. The van der Waals surface area contributed by atoms with Gasteiger partial charge >= 0.3 is 6.09 Å². The van der Waals surface area contributed by atoms with E-state index in [4.69, 9.17) is 9.47 Å². The molecule has 1 aromatic rings. The van der Waals surface area contributed by atoms with Crippen molar-refractivity contribution in [1.29, 1.82) is 0 Å². The average Bonchev–Trinajstić information content (AvgIpc) is 3.58. The standard InChI is InChI=1S/C27H37N3O6/c31-22(16-25(34)9-6-10-25)28-21-15-26(36-18-21)13-14-30(19-26)23(32)27(11-4-5-12-27)29-24(33)35-17-20-7-2-1-3-8-20/h1-3,7-8,21,34H,4-6,9-19H2,(H,28,31)(H,29,33). The third kappa shape index (κ3) is 5.37. The summed E-state index contributed by atoms with van der Waals surface area (Å²) in [5.41, 5.74) is -1.37. The van der Waals surface area contributed by atoms with Crippen LogP contribution in [0.25, 0.3) is 0 Å². The van der Waals surface area contributed by atoms with Gasteiger partial charge in [-0.3, -0.25) is 9.59 Å². The van der Waals surface area contributed by atoms with Crippen LogP contribution < -0.4 is 10.6 Å². The Morgan fingerprint density at radius 3 is 2.50 bits per heavy atom. The molecule has 9 heteroatoms. The summed E-state index contributed by atoms with van der Waals surface area (Å²) in [5.74, 6) is -0.214. The molecule has 3 amide bonds. The number of nitrogens with one attached hydrogen (secondary N) is 2. The highest BCUT2D eigenvalue weighted by atomic mass is 16.5. The minimum Gasteiger partial charge on any atom is -0.445 e. The Morgan fingerprint density at radius 2 is 1.81 bits per heavy atom. The molecule has 2 aliphatic carbocycles. The molecule has 2 saturated heterocycles. The van der Waals surface area contributed by atoms with E-state index in [0.29, 0.717) is 58.2 Å². The summed E-state index contributed by atoms with van der Waals surface area (Å²) in [4.78, 5) is 40.5. The maximum atomic E-state index is 13.7. The number of likely N-dealkylation sites (tertiary alicyclic amines) is 1. The summed E-state index contributed by atoms with van der Waals surface area (Å²) in [5, 5.41) is 16.2. The van der Waals surface area contributed by atoms with Crippen molar-refractivity contribution < 1.29 is 29.0 Å². The van der Waals surface area contributed by atoms with Gasteiger partial charge < -0.3 is 30.1 Å². The normalized spacial score (nSPS) is 28.0. The van der Waals surface area contributed by atoms with Crippen LogP contribution in [0.4, 0.5) is 4.79 Å². The summed E-state index contributed by atoms with van der Waals surface area (Å²) in [6, 6.07) is 9.34. The number of alkyl carbamates (subject to hydrolysis) is 1. The van der Waals surface area contributed by atoms with Gasteiger partial charge in [0.15, 0.2) is 0 Å². The number of rotatable bonds is 7. The third-order valence-corrected chi connectivity index (χ3v) is 8.37. The molecule has 4 aliphatic rings. The molecule has 2 unspecified atom stereocenters. The lowest BCUT2D eigenvalue weighted by Crippen LogP contribution is -2.58. The second kappa shape index (κ2) is 10.0. The van der Waals surface area contributed by atoms with E-state index in [2.05, 4.69) is 10.6 Å². The molecular weight excluding hydrogens is 462 g/mol. The number of carbonyl (C=O) groups is 3. The van der Waals surface area contributed by atoms with Crippen LogP contribution in [0.15, 0.2) is 30.3 Å². The van der Waals surface area contributed by atoms with Crippen LogP contribution >= 0.6 is 0 Å². The number of hydrogen-bond acceptors (Lipinski definition) is 6. The molecule has 2 atom stereocenters. The molecule has 0 aromatic heterocycles. The highest BCUT2D eigenvalue weighted by molar-refractivity contribution is 5.90. The lowest BCUT2D eigenvalue weighted by molar-refractivity contribution is -0.138. The van der Waals surface area contributed by atoms with Gasteiger partial charge in [-0.25, -0.2) is 4.79 Å². The smallest absolute Gasteiger partial charge is 0.408 e. The van der Waals surface area contributed by atoms with Crippen molar-refractivity contribution in [2.45, 2.75) is 93.6 Å². The third-order valence-electron chi connectivity index (χ3n) is 8.37. The molecule has 9 nitrogen and oxygen atoms in total. The summed E-state index contributed by atoms with van der Waals surface area (Å²) < 4.78 is 11.6. The van der Waals surface area contributed by atoms with Gasteiger partial charge in [0.1, 0.15) is 12.1 Å². The Hall–Kier alpha value is -2.65. The zero-order chi connectivity index (χ0) is 25.2. The number of benzene rings is 1. The molecule has 0 bridgehead atoms. The number of aliphatic hydroxyl groups is 1. The number of carbonyl (C=O) groups excluding carboxylic acids is 3. The van der Waals surface area contributed by atoms with E-state index in [1.165, 1.54) is 0 Å². The quantitative estimate of drug-likeness (QED) is 0.531. The van der Waals surface area contributed by atoms with Crippen LogP contribution in [-0.2, 0) is 25.7 Å². The second-order valence-corrected chi connectivity index (χ2v) is 11.2. The second-order valence-electron chi connectivity index (χ2n) is 11.2. The Kier molecular flexibility index (Phi) is 6.96. The number of amides is 3. The number of nitrogens with zero attached hydrogens (tertiary/aromatic N) is 1. The van der Waals surface area contributed by atoms with Crippen LogP contribution in [0, 0.1) is 0 Å². The topological polar surface area (TPSA) is 117 Å². The van der Waals surface area contributed by atoms with Gasteiger partial charge in [0, 0.05) is 19.5 Å². The molecule has 36 heavy (non-hydrogen) atoms. The fourth-order valence-corrected chi connectivity index (χ4v) is 6.21. The lowest BCUT2D eigenvalue weighted by atomic mass is 9.77. The summed E-state index contributed by atoms with van der Waals surface area (Å²) in [6.45, 7) is 1.57. The maximum absolute atomic E-state index is 13.7. The van der Waals surface area contributed by atoms with E-state index in [1.54, 1.807) is 0 Å². The van der Waals surface area contributed by atoms with Crippen LogP contribution in [0.1, 0.15) is 69.8 Å². The van der Waals surface area contributed by atoms with Gasteiger partial charge in [-0.05, 0) is 44.1 Å². The summed E-state index contributed by atoms with van der Waals surface area (Å²) in [7, 11) is 0. The van der Waals surface area contributed by atoms with E-state index in [1.807, 2.05) is 35.2 Å². The highest BCUT2D eigenvalue weighted by Crippen LogP contribution is 2.39. The monoisotopic (exact) mass is 499 g/mol. The van der Waals surface area contributed by atoms with E-state index >= 15 is 0 Å². The molecule has 4 fully saturated rings. The van der Waals surface area contributed by atoms with Crippen molar-refractivity contribution in [2.75, 3.05) is 19.7 Å². The fourth-order valence-electron chi connectivity index (χ4n) is 6.21. The average molecular weight is 500 g/mol. The van der Waals surface area contributed by atoms with Gasteiger partial charge in [-0.15, -0.1) is 0 Å². The van der Waals surface area contributed by atoms with E-state index in [0.717, 1.165) is 24.8 Å². The first kappa shape index (κ1) is 25.0. The van der Waals surface area contributed by atoms with Gasteiger partial charge in [0.05, 0.1) is 30.3 Å². The molecule has 2 saturated carbocycles. The van der Waals surface area contributed by atoms with Crippen molar-refractivity contribution in [2.24, 2.45) is 0 Å². The van der Waals surface area contributed by atoms with Crippen molar-refractivity contribution in [3.63, 3.8) is 0 Å². The Bertz CT molecular complexity index is 975. The molecule has 5 rings (SSSR count). The van der Waals surface area contributed by atoms with Gasteiger partial charge in [0.2, 0.25) is 11.8 Å². The Morgan fingerprint density at radius 1 is 1.06 bits per heavy atom. The zero-order valence-electron chi connectivity index (χ0n) is 20.8. The van der Waals surface area contributed by atoms with Crippen molar-refractivity contribution in [1.82, 2.24) is 15.5 Å². The van der Waals surface area contributed by atoms with E-state index < -0.39 is 22.8 Å². The largest absolute Gasteiger partial charge is 0.445 e. The van der Waals surface area contributed by atoms with Gasteiger partial charge in [0.25, 0.3) is 0 Å². The highest BCUT2D eigenvalue weighted by Gasteiger charge is 2.52. The summed E-state index contributed by atoms with van der Waals surface area (Å²) >= 11 is 0. The Labute approximate surface area is 211 Å². The van der Waals surface area contributed by atoms with Gasteiger partial charge in [-0.1, -0.05) is 43.2 Å². The molecule has 1 spiro atoms. The first-order chi connectivity index (χ1) is 17.3. The predicted octanol–water partition coefficient (Wildman–Crippen LogP) is 2.41. The van der Waals surface area contributed by atoms with Crippen molar-refractivity contribution in [3.8, 4) is 0 Å².